The summed E-state index contributed by atoms with van der Waals surface area (Å²) in [6, 6.07) is 0. The van der Waals surface area contributed by atoms with Crippen molar-refractivity contribution in [1.82, 2.24) is 0 Å². The summed E-state index contributed by atoms with van der Waals surface area (Å²) in [6.07, 6.45) is 5.48. The Morgan fingerprint density at radius 1 is 1.21 bits per heavy atom. The molecule has 6 heteroatoms. The van der Waals surface area contributed by atoms with E-state index in [0.717, 1.165) is 6.42 Å². The molecule has 0 spiro atoms. The second kappa shape index (κ2) is 3.73. The SMILES string of the molecule is O=C1C(Cl)=C(Cl)/C(=C2/O[C@@H]3[C@@H]4C=C[C@@H]3C[C@H]24)C1(Cl)Cl. The third-order valence-corrected chi connectivity index (χ3v) is 5.99. The highest BCUT2D eigenvalue weighted by atomic mass is 35.5. The van der Waals surface area contributed by atoms with Crippen LogP contribution in [-0.4, -0.2) is 16.2 Å². The monoisotopic (exact) mass is 336 g/mol. The van der Waals surface area contributed by atoms with Crippen LogP contribution in [0.15, 0.2) is 33.5 Å². The summed E-state index contributed by atoms with van der Waals surface area (Å²) in [6.45, 7) is 0. The Hall–Kier alpha value is -0.150. The van der Waals surface area contributed by atoms with Crippen LogP contribution in [0.25, 0.3) is 0 Å². The van der Waals surface area contributed by atoms with Crippen LogP contribution >= 0.6 is 46.4 Å². The van der Waals surface area contributed by atoms with E-state index in [4.69, 9.17) is 51.1 Å². The molecule has 4 rings (SSSR count). The average molecular weight is 338 g/mol. The summed E-state index contributed by atoms with van der Waals surface area (Å²) in [5.74, 6) is 1.08. The number of rotatable bonds is 0. The lowest BCUT2D eigenvalue weighted by Crippen LogP contribution is -2.26. The van der Waals surface area contributed by atoms with Crippen molar-refractivity contribution >= 4 is 52.2 Å². The summed E-state index contributed by atoms with van der Waals surface area (Å²) < 4.78 is 4.23. The van der Waals surface area contributed by atoms with Gasteiger partial charge in [-0.1, -0.05) is 58.6 Å². The summed E-state index contributed by atoms with van der Waals surface area (Å²) in [7, 11) is 0. The van der Waals surface area contributed by atoms with Crippen molar-refractivity contribution in [3.63, 3.8) is 0 Å². The molecule has 100 valence electrons. The Kier molecular flexibility index (Phi) is 2.47. The van der Waals surface area contributed by atoms with Crippen LogP contribution in [0.4, 0.5) is 0 Å². The smallest absolute Gasteiger partial charge is 0.216 e. The zero-order chi connectivity index (χ0) is 13.5. The highest BCUT2D eigenvalue weighted by Gasteiger charge is 2.59. The number of halogens is 4. The van der Waals surface area contributed by atoms with Gasteiger partial charge in [-0.2, -0.15) is 0 Å². The fourth-order valence-corrected chi connectivity index (χ4v) is 4.90. The van der Waals surface area contributed by atoms with Crippen LogP contribution in [0.5, 0.6) is 0 Å². The van der Waals surface area contributed by atoms with Gasteiger partial charge in [0, 0.05) is 17.8 Å². The number of hydrogen-bond donors (Lipinski definition) is 0. The van der Waals surface area contributed by atoms with Crippen LogP contribution in [0, 0.1) is 17.8 Å². The number of alkyl halides is 2. The van der Waals surface area contributed by atoms with Crippen LogP contribution in [-0.2, 0) is 9.53 Å². The number of ether oxygens (including phenoxy) is 1. The normalized spacial score (nSPS) is 45.6. The van der Waals surface area contributed by atoms with Crippen molar-refractivity contribution in [2.75, 3.05) is 0 Å². The van der Waals surface area contributed by atoms with Gasteiger partial charge in [-0.05, 0) is 6.42 Å². The molecule has 4 atom stereocenters. The van der Waals surface area contributed by atoms with E-state index in [1.807, 2.05) is 0 Å². The first-order chi connectivity index (χ1) is 8.93. The van der Waals surface area contributed by atoms with E-state index in [9.17, 15) is 4.79 Å². The summed E-state index contributed by atoms with van der Waals surface area (Å²) in [5.41, 5.74) is 0.346. The highest BCUT2D eigenvalue weighted by molar-refractivity contribution is 6.70. The molecule has 1 saturated heterocycles. The van der Waals surface area contributed by atoms with Gasteiger partial charge in [-0.15, -0.1) is 0 Å². The Balaban J connectivity index is 1.87. The second-order valence-corrected chi connectivity index (χ2v) is 7.40. The molecule has 2 fully saturated rings. The number of ketones is 1. The van der Waals surface area contributed by atoms with E-state index >= 15 is 0 Å². The molecular weight excluding hydrogens is 330 g/mol. The molecule has 4 bridgehead atoms. The van der Waals surface area contributed by atoms with Gasteiger partial charge in [0.2, 0.25) is 10.1 Å². The van der Waals surface area contributed by atoms with Gasteiger partial charge in [0.1, 0.15) is 16.9 Å². The van der Waals surface area contributed by atoms with Crippen LogP contribution < -0.4 is 0 Å². The Bertz CT molecular complexity index is 602. The van der Waals surface area contributed by atoms with Gasteiger partial charge in [0.25, 0.3) is 0 Å². The molecule has 0 aromatic carbocycles. The molecule has 0 aromatic heterocycles. The third-order valence-electron chi connectivity index (χ3n) is 4.43. The highest BCUT2D eigenvalue weighted by Crippen LogP contribution is 2.60. The number of carbonyl (C=O) groups is 1. The van der Waals surface area contributed by atoms with E-state index < -0.39 is 10.1 Å². The predicted octanol–water partition coefficient (Wildman–Crippen LogP) is 3.91. The van der Waals surface area contributed by atoms with Crippen molar-refractivity contribution in [2.45, 2.75) is 16.9 Å². The van der Waals surface area contributed by atoms with Crippen LogP contribution in [0.1, 0.15) is 6.42 Å². The number of hydrogen-bond acceptors (Lipinski definition) is 2. The molecular formula is C13H8Cl4O2. The lowest BCUT2D eigenvalue weighted by molar-refractivity contribution is -0.114. The van der Waals surface area contributed by atoms with Gasteiger partial charge in [-0.3, -0.25) is 4.79 Å². The van der Waals surface area contributed by atoms with Gasteiger partial charge < -0.3 is 4.74 Å². The fraction of sp³-hybridized carbons (Fsp3) is 0.462. The van der Waals surface area contributed by atoms with Gasteiger partial charge >= 0.3 is 0 Å². The predicted molar refractivity (Wildman–Crippen MR) is 74.3 cm³/mol. The van der Waals surface area contributed by atoms with Crippen LogP contribution in [0.3, 0.4) is 0 Å². The number of carbonyl (C=O) groups excluding carboxylic acids is 1. The maximum Gasteiger partial charge on any atom is 0.216 e. The van der Waals surface area contributed by atoms with Crippen molar-refractivity contribution in [3.8, 4) is 0 Å². The molecule has 0 amide bonds. The molecule has 3 aliphatic carbocycles. The molecule has 2 nitrogen and oxygen atoms in total. The van der Waals surface area contributed by atoms with Crippen molar-refractivity contribution < 1.29 is 9.53 Å². The third kappa shape index (κ3) is 1.39. The molecule has 0 N–H and O–H groups in total. The standard InChI is InChI=1S/C13H8Cl4O2/c14-8-7(13(16,17)12(18)9(8)15)11-6-3-4-1-2-5(6)10(4)19-11/h1-2,4-6,10H,3H2/b11-7-/t4-,5-,6+,10+/m1/s1. The summed E-state index contributed by atoms with van der Waals surface area (Å²) >= 11 is 24.3. The molecule has 1 saturated carbocycles. The molecule has 0 unspecified atom stereocenters. The quantitative estimate of drug-likeness (QED) is 0.495. The first kappa shape index (κ1) is 12.6. The topological polar surface area (TPSA) is 26.3 Å². The summed E-state index contributed by atoms with van der Waals surface area (Å²) in [4.78, 5) is 11.9. The molecule has 4 aliphatic rings. The minimum atomic E-state index is -1.73. The van der Waals surface area contributed by atoms with E-state index in [1.54, 1.807) is 0 Å². The molecule has 0 aromatic rings. The Labute approximate surface area is 130 Å². The van der Waals surface area contributed by atoms with Gasteiger partial charge in [0.05, 0.1) is 10.6 Å². The van der Waals surface area contributed by atoms with Gasteiger partial charge in [0.15, 0.2) is 0 Å². The first-order valence-electron chi connectivity index (χ1n) is 6.01. The Morgan fingerprint density at radius 3 is 2.47 bits per heavy atom. The number of Topliss-reactive ketones (excluding diaryl/α,β-unsaturated/α-hetero) is 1. The molecule has 0 radical (unpaired) electrons. The van der Waals surface area contributed by atoms with Crippen molar-refractivity contribution in [2.24, 2.45) is 17.8 Å². The minimum Gasteiger partial charge on any atom is -0.493 e. The molecule has 19 heavy (non-hydrogen) atoms. The summed E-state index contributed by atoms with van der Waals surface area (Å²) in [5, 5.41) is 0.0142. The van der Waals surface area contributed by atoms with E-state index in [0.29, 0.717) is 23.2 Å². The zero-order valence-electron chi connectivity index (χ0n) is 9.50. The lowest BCUT2D eigenvalue weighted by Gasteiger charge is -2.26. The first-order valence-corrected chi connectivity index (χ1v) is 7.52. The molecule has 1 aliphatic heterocycles. The number of allylic oxidation sites excluding steroid dienone is 4. The van der Waals surface area contributed by atoms with Crippen molar-refractivity contribution in [1.29, 1.82) is 0 Å². The second-order valence-electron chi connectivity index (χ2n) is 5.32. The van der Waals surface area contributed by atoms with E-state index in [2.05, 4.69) is 12.2 Å². The zero-order valence-corrected chi connectivity index (χ0v) is 12.5. The average Bonchev–Trinajstić information content (AvgIpc) is 3.05. The Morgan fingerprint density at radius 2 is 1.95 bits per heavy atom. The van der Waals surface area contributed by atoms with E-state index in [1.165, 1.54) is 0 Å². The maximum absolute atomic E-state index is 11.9. The van der Waals surface area contributed by atoms with Crippen molar-refractivity contribution in [3.05, 3.63) is 33.5 Å². The lowest BCUT2D eigenvalue weighted by atomic mass is 9.90. The molecule has 1 heterocycles. The van der Waals surface area contributed by atoms with Gasteiger partial charge in [-0.25, -0.2) is 0 Å². The fourth-order valence-electron chi connectivity index (χ4n) is 3.59. The van der Waals surface area contributed by atoms with E-state index in [-0.39, 0.29) is 22.1 Å². The minimum absolute atomic E-state index is 0.110. The maximum atomic E-state index is 11.9. The largest absolute Gasteiger partial charge is 0.493 e. The van der Waals surface area contributed by atoms with Crippen LogP contribution in [0.2, 0.25) is 0 Å².